The second-order valence-electron chi connectivity index (χ2n) is 4.89. The van der Waals surface area contributed by atoms with Gasteiger partial charge in [-0.25, -0.2) is 0 Å². The molecule has 0 amide bonds. The summed E-state index contributed by atoms with van der Waals surface area (Å²) in [5.74, 6) is 0. The molecule has 0 aliphatic carbocycles. The maximum absolute atomic E-state index is 10.9. The summed E-state index contributed by atoms with van der Waals surface area (Å²) in [5, 5.41) is 5.32. The molecular weight excluding hydrogens is 369 g/mol. The average Bonchev–Trinajstić information content (AvgIpc) is 3.24. The largest absolute Gasteiger partial charge is 0.168 e. The number of hydrogen-bond donors (Lipinski definition) is 0. The van der Waals surface area contributed by atoms with Crippen molar-refractivity contribution >= 4 is 25.3 Å². The molecule has 0 aromatic heterocycles. The van der Waals surface area contributed by atoms with Crippen LogP contribution < -0.4 is 0 Å². The fourth-order valence-electron chi connectivity index (χ4n) is 2.14. The van der Waals surface area contributed by atoms with Gasteiger partial charge in [-0.3, -0.25) is 0 Å². The van der Waals surface area contributed by atoms with E-state index in [1.807, 2.05) is 0 Å². The van der Waals surface area contributed by atoms with Gasteiger partial charge in [0.2, 0.25) is 0 Å². The monoisotopic (exact) mass is 386 g/mol. The average molecular weight is 388 g/mol. The van der Waals surface area contributed by atoms with E-state index >= 15 is 0 Å². The molecule has 0 saturated carbocycles. The molecule has 0 heterocycles. The Labute approximate surface area is 144 Å². The fourth-order valence-corrected chi connectivity index (χ4v) is 2.14. The molecule has 23 heavy (non-hydrogen) atoms. The van der Waals surface area contributed by atoms with Gasteiger partial charge in [-0.05, 0) is 0 Å². The van der Waals surface area contributed by atoms with Crippen LogP contribution in [0.25, 0.3) is 21.5 Å². The molecule has 0 bridgehead atoms. The summed E-state index contributed by atoms with van der Waals surface area (Å²) in [7, 11) is 0. The van der Waals surface area contributed by atoms with Crippen LogP contribution in [0.3, 0.4) is 0 Å². The zero-order valence-electron chi connectivity index (χ0n) is 12.9. The van der Waals surface area contributed by atoms with Gasteiger partial charge in [-0.1, -0.05) is 12.1 Å². The minimum atomic E-state index is -3.70. The van der Waals surface area contributed by atoms with Gasteiger partial charge in [0.1, 0.15) is 0 Å². The van der Waals surface area contributed by atoms with Crippen LogP contribution in [0.4, 0.5) is 5.25 Å². The molecular formula is C20H18F2Zr-2. The second-order valence-corrected chi connectivity index (χ2v) is 7.73. The van der Waals surface area contributed by atoms with Gasteiger partial charge in [0.15, 0.2) is 0 Å². The van der Waals surface area contributed by atoms with Crippen LogP contribution in [0.5, 0.6) is 0 Å². The van der Waals surface area contributed by atoms with Gasteiger partial charge < -0.3 is 0 Å². The maximum Gasteiger partial charge on any atom is -0.0809 e. The van der Waals surface area contributed by atoms with Crippen LogP contribution in [0, 0.1) is 0 Å². The molecule has 0 aliphatic heterocycles. The third-order valence-electron chi connectivity index (χ3n) is 3.31. The van der Waals surface area contributed by atoms with Gasteiger partial charge >= 0.3 is 38.4 Å². The number of benzene rings is 2. The van der Waals surface area contributed by atoms with Gasteiger partial charge in [0.25, 0.3) is 0 Å². The summed E-state index contributed by atoms with van der Waals surface area (Å²) in [6.45, 7) is 1.41. The van der Waals surface area contributed by atoms with Gasteiger partial charge in [-0.15, -0.1) is 59.3 Å². The third-order valence-corrected chi connectivity index (χ3v) is 4.39. The first-order valence-electron chi connectivity index (χ1n) is 7.39. The third kappa shape index (κ3) is 5.76. The topological polar surface area (TPSA) is 0 Å². The molecule has 3 heteroatoms. The van der Waals surface area contributed by atoms with Crippen molar-refractivity contribution in [3.8, 4) is 0 Å². The van der Waals surface area contributed by atoms with E-state index in [0.29, 0.717) is 0 Å². The summed E-state index contributed by atoms with van der Waals surface area (Å²) in [4.78, 5) is 0. The van der Waals surface area contributed by atoms with E-state index in [9.17, 15) is 5.25 Å². The SMILES string of the molecule is C[CH]=[Zr]([F])[F].c1ccc2[cH-]ccc2c1.c1ccc2[cH-]ccc2c1. The van der Waals surface area contributed by atoms with Crippen molar-refractivity contribution in [2.24, 2.45) is 0 Å². The normalized spacial score (nSPS) is 9.52. The smallest absolute Gasteiger partial charge is 0.0809 e. The summed E-state index contributed by atoms with van der Waals surface area (Å²) >= 11 is -3.70. The number of hydrogen-bond acceptors (Lipinski definition) is 0. The van der Waals surface area contributed by atoms with Gasteiger partial charge in [0, 0.05) is 0 Å². The first-order valence-corrected chi connectivity index (χ1v) is 10.7. The molecule has 0 saturated heterocycles. The minimum absolute atomic E-state index is 1.03. The Morgan fingerprint density at radius 1 is 0.739 bits per heavy atom. The number of rotatable bonds is 0. The molecule has 0 atom stereocenters. The van der Waals surface area contributed by atoms with E-state index in [0.717, 1.165) is 3.71 Å². The summed E-state index contributed by atoms with van der Waals surface area (Å²) in [6, 6.07) is 29.3. The molecule has 0 aliphatic rings. The molecule has 4 aromatic rings. The van der Waals surface area contributed by atoms with Gasteiger partial charge in [0.05, 0.1) is 0 Å². The Balaban J connectivity index is 0.000000132. The molecule has 118 valence electrons. The summed E-state index contributed by atoms with van der Waals surface area (Å²) in [5.41, 5.74) is 0. The van der Waals surface area contributed by atoms with Crippen molar-refractivity contribution in [2.45, 2.75) is 6.92 Å². The Morgan fingerprint density at radius 3 is 1.48 bits per heavy atom. The standard InChI is InChI=1S/2C9H7.C2H4.2FH.Zr/c2*1-2-5-9-7-3-6-8(9)4-1;1-2;;;/h2*1-7H;1H,2H3;2*1H;/q2*-1;;;;+2/p-2. The van der Waals surface area contributed by atoms with Crippen molar-refractivity contribution in [1.29, 1.82) is 0 Å². The van der Waals surface area contributed by atoms with Gasteiger partial charge in [-0.2, -0.15) is 35.0 Å². The fraction of sp³-hybridized carbons (Fsp3) is 0.0500. The van der Waals surface area contributed by atoms with Crippen LogP contribution in [0.1, 0.15) is 6.92 Å². The first kappa shape index (κ1) is 17.6. The first-order chi connectivity index (χ1) is 11.2. The minimum Gasteiger partial charge on any atom is -0.168 e. The Bertz CT molecular complexity index is 741. The summed E-state index contributed by atoms with van der Waals surface area (Å²) < 4.78 is 22.8. The number of fused-ring (bicyclic) bond motifs is 2. The van der Waals surface area contributed by atoms with Crippen LogP contribution >= 0.6 is 0 Å². The molecule has 0 unspecified atom stereocenters. The molecule has 0 nitrogen and oxygen atoms in total. The van der Waals surface area contributed by atoms with Crippen LogP contribution in [0.2, 0.25) is 0 Å². The Hall–Kier alpha value is -1.73. The summed E-state index contributed by atoms with van der Waals surface area (Å²) in [6.07, 6.45) is 0. The molecule has 0 N–H and O–H groups in total. The number of halogens is 2. The molecule has 0 fully saturated rings. The molecule has 0 radical (unpaired) electrons. The zero-order valence-corrected chi connectivity index (χ0v) is 15.4. The van der Waals surface area contributed by atoms with Crippen molar-refractivity contribution < 1.29 is 27.7 Å². The van der Waals surface area contributed by atoms with Crippen LogP contribution in [-0.2, 0) is 22.5 Å². The maximum atomic E-state index is 10.9. The molecule has 4 aromatic carbocycles. The van der Waals surface area contributed by atoms with Crippen molar-refractivity contribution in [3.63, 3.8) is 0 Å². The van der Waals surface area contributed by atoms with E-state index in [4.69, 9.17) is 0 Å². The zero-order chi connectivity index (χ0) is 16.5. The quantitative estimate of drug-likeness (QED) is 0.310. The van der Waals surface area contributed by atoms with E-state index in [-0.39, 0.29) is 0 Å². The van der Waals surface area contributed by atoms with E-state index in [1.165, 1.54) is 28.5 Å². The van der Waals surface area contributed by atoms with E-state index < -0.39 is 22.5 Å². The molecule has 4 rings (SSSR count). The predicted octanol–water partition coefficient (Wildman–Crippen LogP) is 6.31. The molecule has 0 spiro atoms. The van der Waals surface area contributed by atoms with Crippen molar-refractivity contribution in [2.75, 3.05) is 0 Å². The van der Waals surface area contributed by atoms with Crippen molar-refractivity contribution in [3.05, 3.63) is 84.9 Å². The predicted molar refractivity (Wildman–Crippen MR) is 93.0 cm³/mol. The second kappa shape index (κ2) is 9.42. The van der Waals surface area contributed by atoms with E-state index in [2.05, 4.69) is 84.9 Å². The van der Waals surface area contributed by atoms with E-state index in [1.54, 1.807) is 0 Å². The Morgan fingerprint density at radius 2 is 1.13 bits per heavy atom. The van der Waals surface area contributed by atoms with Crippen LogP contribution in [-0.4, -0.2) is 3.71 Å². The van der Waals surface area contributed by atoms with Crippen LogP contribution in [0.15, 0.2) is 84.9 Å². The van der Waals surface area contributed by atoms with Crippen molar-refractivity contribution in [1.82, 2.24) is 0 Å². The Kier molecular flexibility index (Phi) is 7.22.